The van der Waals surface area contributed by atoms with Gasteiger partial charge in [0.05, 0.1) is 22.7 Å². The second kappa shape index (κ2) is 7.27. The third-order valence-electron chi connectivity index (χ3n) is 6.22. The van der Waals surface area contributed by atoms with E-state index in [1.54, 1.807) is 13.0 Å². The van der Waals surface area contributed by atoms with Gasteiger partial charge >= 0.3 is 13.3 Å². The number of amides is 1. The van der Waals surface area contributed by atoms with E-state index in [4.69, 9.17) is 9.31 Å². The van der Waals surface area contributed by atoms with Gasteiger partial charge in [-0.05, 0) is 64.6 Å². The Hall–Kier alpha value is -1.61. The quantitative estimate of drug-likeness (QED) is 0.544. The van der Waals surface area contributed by atoms with Gasteiger partial charge in [0.15, 0.2) is 0 Å². The molecule has 4 nitrogen and oxygen atoms in total. The number of carbonyl (C=O) groups is 1. The topological polar surface area (TPSA) is 38.8 Å². The number of piperidine rings is 1. The van der Waals surface area contributed by atoms with E-state index in [2.05, 4.69) is 0 Å². The summed E-state index contributed by atoms with van der Waals surface area (Å²) < 4.78 is 65.9. The molecule has 0 aromatic heterocycles. The molecule has 2 heterocycles. The fourth-order valence-corrected chi connectivity index (χ4v) is 3.74. The molecule has 1 unspecified atom stereocenters. The highest BCUT2D eigenvalue weighted by Crippen LogP contribution is 2.37. The van der Waals surface area contributed by atoms with Crippen LogP contribution < -0.4 is 5.46 Å². The van der Waals surface area contributed by atoms with E-state index in [-0.39, 0.29) is 24.9 Å². The highest BCUT2D eigenvalue weighted by molar-refractivity contribution is 6.62. The summed E-state index contributed by atoms with van der Waals surface area (Å²) in [6.45, 7) is 8.81. The van der Waals surface area contributed by atoms with Crippen LogP contribution in [0.1, 0.15) is 56.5 Å². The predicted octanol–water partition coefficient (Wildman–Crippen LogP) is 3.85. The second-order valence-corrected chi connectivity index (χ2v) is 8.91. The molecule has 9 heteroatoms. The van der Waals surface area contributed by atoms with Crippen LogP contribution in [0, 0.1) is 18.7 Å². The van der Waals surface area contributed by atoms with E-state index in [1.807, 2.05) is 27.7 Å². The molecule has 2 aliphatic heterocycles. The van der Waals surface area contributed by atoms with Crippen molar-refractivity contribution in [2.45, 2.75) is 64.8 Å². The smallest absolute Gasteiger partial charge is 0.399 e. The van der Waals surface area contributed by atoms with Crippen LogP contribution >= 0.6 is 0 Å². The maximum Gasteiger partial charge on any atom is 0.494 e. The summed E-state index contributed by atoms with van der Waals surface area (Å²) in [6.07, 6.45) is -4.15. The van der Waals surface area contributed by atoms with Crippen molar-refractivity contribution in [2.24, 2.45) is 5.92 Å². The van der Waals surface area contributed by atoms with Crippen molar-refractivity contribution in [1.82, 2.24) is 4.90 Å². The van der Waals surface area contributed by atoms with Crippen LogP contribution in [0.15, 0.2) is 12.1 Å². The Kier molecular flexibility index (Phi) is 5.54. The van der Waals surface area contributed by atoms with E-state index in [0.29, 0.717) is 11.0 Å². The summed E-state index contributed by atoms with van der Waals surface area (Å²) >= 11 is 0. The normalized spacial score (nSPS) is 24.1. The molecule has 0 saturated carbocycles. The SMILES string of the molecule is Cc1cc(B2OC(C)(C)C(C)(C)O2)cc(F)c1C(=O)N1CCCC(C(F)(F)F)C1. The van der Waals surface area contributed by atoms with E-state index in [9.17, 15) is 22.4 Å². The summed E-state index contributed by atoms with van der Waals surface area (Å²) in [5, 5.41) is 0. The van der Waals surface area contributed by atoms with Crippen LogP contribution in [0.3, 0.4) is 0 Å². The van der Waals surface area contributed by atoms with Crippen LogP contribution in [0.5, 0.6) is 0 Å². The van der Waals surface area contributed by atoms with E-state index in [0.717, 1.165) is 4.90 Å². The van der Waals surface area contributed by atoms with Gasteiger partial charge in [-0.25, -0.2) is 4.39 Å². The summed E-state index contributed by atoms with van der Waals surface area (Å²) in [5.41, 5.74) is -0.627. The molecule has 0 N–H and O–H groups in total. The number of benzene rings is 1. The first kappa shape index (κ1) is 22.1. The molecule has 0 bridgehead atoms. The number of likely N-dealkylation sites (tertiary alicyclic amines) is 1. The van der Waals surface area contributed by atoms with E-state index < -0.39 is 48.7 Å². The van der Waals surface area contributed by atoms with Gasteiger partial charge in [-0.3, -0.25) is 4.79 Å². The fourth-order valence-electron chi connectivity index (χ4n) is 3.74. The average molecular weight is 415 g/mol. The second-order valence-electron chi connectivity index (χ2n) is 8.91. The predicted molar refractivity (Wildman–Crippen MR) is 102 cm³/mol. The summed E-state index contributed by atoms with van der Waals surface area (Å²) in [6, 6.07) is 2.78. The van der Waals surface area contributed by atoms with Gasteiger partial charge in [0, 0.05) is 13.1 Å². The third kappa shape index (κ3) is 4.17. The molecule has 3 rings (SSSR count). The van der Waals surface area contributed by atoms with Gasteiger partial charge in [0.25, 0.3) is 5.91 Å². The lowest BCUT2D eigenvalue weighted by atomic mass is 9.77. The Balaban J connectivity index is 1.84. The molecule has 2 saturated heterocycles. The van der Waals surface area contributed by atoms with Gasteiger partial charge in [0.2, 0.25) is 0 Å². The van der Waals surface area contributed by atoms with E-state index >= 15 is 0 Å². The molecule has 2 fully saturated rings. The molecule has 1 aromatic rings. The summed E-state index contributed by atoms with van der Waals surface area (Å²) in [5.74, 6) is -3.07. The number of nitrogens with zero attached hydrogens (tertiary/aromatic N) is 1. The zero-order chi connectivity index (χ0) is 21.8. The summed E-state index contributed by atoms with van der Waals surface area (Å²) in [4.78, 5) is 13.9. The first-order valence-electron chi connectivity index (χ1n) is 9.74. The van der Waals surface area contributed by atoms with Crippen molar-refractivity contribution >= 4 is 18.5 Å². The van der Waals surface area contributed by atoms with Crippen LogP contribution in [0.2, 0.25) is 0 Å². The number of alkyl halides is 3. The van der Waals surface area contributed by atoms with Crippen molar-refractivity contribution in [3.05, 3.63) is 29.1 Å². The zero-order valence-electron chi connectivity index (χ0n) is 17.3. The van der Waals surface area contributed by atoms with Crippen molar-refractivity contribution in [1.29, 1.82) is 0 Å². The minimum absolute atomic E-state index is 0.0182. The number of halogens is 4. The Morgan fingerprint density at radius 1 is 1.17 bits per heavy atom. The number of carbonyl (C=O) groups excluding carboxylic acids is 1. The standard InChI is InChI=1S/C20H26BF4NO3/c1-12-9-14(21-28-18(2,3)19(4,5)29-21)10-15(22)16(12)17(27)26-8-6-7-13(11-26)20(23,24)25/h9-10,13H,6-8,11H2,1-5H3. The van der Waals surface area contributed by atoms with Crippen LogP contribution in [0.25, 0.3) is 0 Å². The molecule has 160 valence electrons. The highest BCUT2D eigenvalue weighted by Gasteiger charge is 2.52. The van der Waals surface area contributed by atoms with E-state index in [1.165, 1.54) is 6.07 Å². The Morgan fingerprint density at radius 2 is 1.76 bits per heavy atom. The minimum atomic E-state index is -4.37. The molecule has 0 aliphatic carbocycles. The van der Waals surface area contributed by atoms with Gasteiger partial charge in [0.1, 0.15) is 5.82 Å². The number of hydrogen-bond acceptors (Lipinski definition) is 3. The molecule has 0 spiro atoms. The van der Waals surface area contributed by atoms with Crippen LogP contribution in [0.4, 0.5) is 17.6 Å². The molecule has 0 radical (unpaired) electrons. The first-order valence-corrected chi connectivity index (χ1v) is 9.74. The Morgan fingerprint density at radius 3 is 2.28 bits per heavy atom. The zero-order valence-corrected chi connectivity index (χ0v) is 17.3. The Labute approximate surface area is 168 Å². The van der Waals surface area contributed by atoms with Crippen molar-refractivity contribution in [3.8, 4) is 0 Å². The lowest BCUT2D eigenvalue weighted by molar-refractivity contribution is -0.184. The highest BCUT2D eigenvalue weighted by atomic mass is 19.4. The average Bonchev–Trinajstić information content (AvgIpc) is 2.81. The number of hydrogen-bond donors (Lipinski definition) is 0. The van der Waals surface area contributed by atoms with Gasteiger partial charge in [-0.2, -0.15) is 13.2 Å². The summed E-state index contributed by atoms with van der Waals surface area (Å²) in [7, 11) is -0.790. The molecular formula is C20H26BF4NO3. The molecule has 1 amide bonds. The fraction of sp³-hybridized carbons (Fsp3) is 0.650. The van der Waals surface area contributed by atoms with Crippen molar-refractivity contribution in [3.63, 3.8) is 0 Å². The lowest BCUT2D eigenvalue weighted by Gasteiger charge is -2.34. The number of rotatable bonds is 2. The largest absolute Gasteiger partial charge is 0.494 e. The monoisotopic (exact) mass is 415 g/mol. The van der Waals surface area contributed by atoms with Crippen molar-refractivity contribution in [2.75, 3.05) is 13.1 Å². The van der Waals surface area contributed by atoms with Crippen molar-refractivity contribution < 1.29 is 31.7 Å². The molecule has 1 aromatic carbocycles. The molecule has 1 atom stereocenters. The third-order valence-corrected chi connectivity index (χ3v) is 6.22. The van der Waals surface area contributed by atoms with Gasteiger partial charge in [-0.1, -0.05) is 6.07 Å². The van der Waals surface area contributed by atoms with Gasteiger partial charge in [-0.15, -0.1) is 0 Å². The number of aryl methyl sites for hydroxylation is 1. The minimum Gasteiger partial charge on any atom is -0.399 e. The molecule has 2 aliphatic rings. The lowest BCUT2D eigenvalue weighted by Crippen LogP contribution is -2.45. The van der Waals surface area contributed by atoms with Gasteiger partial charge < -0.3 is 14.2 Å². The van der Waals surface area contributed by atoms with Crippen LogP contribution in [-0.2, 0) is 9.31 Å². The molecule has 29 heavy (non-hydrogen) atoms. The Bertz CT molecular complexity index is 770. The first-order chi connectivity index (χ1) is 13.2. The maximum atomic E-state index is 14.9. The molecular weight excluding hydrogens is 389 g/mol. The maximum absolute atomic E-state index is 14.9. The van der Waals surface area contributed by atoms with Crippen LogP contribution in [-0.4, -0.2) is 48.4 Å².